The minimum absolute atomic E-state index is 0.255. The lowest BCUT2D eigenvalue weighted by Crippen LogP contribution is -2.04. The van der Waals surface area contributed by atoms with Gasteiger partial charge in [-0.25, -0.2) is 8.42 Å². The number of ether oxygens (including phenoxy) is 1. The van der Waals surface area contributed by atoms with Crippen molar-refractivity contribution in [2.75, 3.05) is 18.7 Å². The number of benzene rings is 2. The number of nitrogens with zero attached hydrogens (tertiary/aromatic N) is 2. The number of methoxy groups -OCH3 is 1. The second-order valence-corrected chi connectivity index (χ2v) is 7.83. The second-order valence-electron chi connectivity index (χ2n) is 5.81. The zero-order valence-corrected chi connectivity index (χ0v) is 15.5. The van der Waals surface area contributed by atoms with Crippen LogP contribution in [0.4, 0.5) is 5.69 Å². The number of hydrogen-bond acceptors (Lipinski definition) is 7. The van der Waals surface area contributed by atoms with Crippen molar-refractivity contribution < 1.29 is 17.7 Å². The molecule has 3 aromatic rings. The van der Waals surface area contributed by atoms with E-state index in [0.29, 0.717) is 23.2 Å². The molecule has 0 unspecified atom stereocenters. The van der Waals surface area contributed by atoms with E-state index < -0.39 is 9.84 Å². The quantitative estimate of drug-likeness (QED) is 0.709. The maximum Gasteiger partial charge on any atom is 0.246 e. The fraction of sp³-hybridized carbons (Fsp3) is 0.222. The molecule has 136 valence electrons. The van der Waals surface area contributed by atoms with Crippen molar-refractivity contribution in [1.82, 2.24) is 10.1 Å². The van der Waals surface area contributed by atoms with Gasteiger partial charge in [0.2, 0.25) is 11.7 Å². The van der Waals surface area contributed by atoms with Gasteiger partial charge in [-0.15, -0.1) is 0 Å². The van der Waals surface area contributed by atoms with E-state index in [4.69, 9.17) is 9.26 Å². The van der Waals surface area contributed by atoms with Gasteiger partial charge < -0.3 is 14.6 Å². The molecule has 0 aliphatic rings. The van der Waals surface area contributed by atoms with Gasteiger partial charge in [0.15, 0.2) is 9.84 Å². The third kappa shape index (κ3) is 3.85. The number of hydrogen-bond donors (Lipinski definition) is 1. The van der Waals surface area contributed by atoms with Gasteiger partial charge in [0.05, 0.1) is 24.1 Å². The summed E-state index contributed by atoms with van der Waals surface area (Å²) in [7, 11) is -1.69. The van der Waals surface area contributed by atoms with E-state index in [-0.39, 0.29) is 11.4 Å². The lowest BCUT2D eigenvalue weighted by atomic mass is 10.2. The highest BCUT2D eigenvalue weighted by Gasteiger charge is 2.14. The van der Waals surface area contributed by atoms with Crippen LogP contribution in [0.15, 0.2) is 51.9 Å². The van der Waals surface area contributed by atoms with E-state index in [1.54, 1.807) is 25.3 Å². The van der Waals surface area contributed by atoms with Crippen molar-refractivity contribution in [2.45, 2.75) is 18.4 Å². The van der Waals surface area contributed by atoms with Crippen LogP contribution in [0.5, 0.6) is 5.75 Å². The molecular weight excluding hydrogens is 354 g/mol. The van der Waals surface area contributed by atoms with Crippen LogP contribution in [-0.4, -0.2) is 31.9 Å². The van der Waals surface area contributed by atoms with Crippen LogP contribution in [0.2, 0.25) is 0 Å². The molecule has 0 saturated carbocycles. The van der Waals surface area contributed by atoms with Gasteiger partial charge in [-0.05, 0) is 36.8 Å². The fourth-order valence-corrected chi connectivity index (χ4v) is 3.11. The Morgan fingerprint density at radius 3 is 2.69 bits per heavy atom. The molecule has 0 bridgehead atoms. The van der Waals surface area contributed by atoms with Gasteiger partial charge in [0.1, 0.15) is 5.75 Å². The molecule has 26 heavy (non-hydrogen) atoms. The largest absolute Gasteiger partial charge is 0.496 e. The predicted molar refractivity (Wildman–Crippen MR) is 97.9 cm³/mol. The third-order valence-corrected chi connectivity index (χ3v) is 4.99. The molecule has 7 nitrogen and oxygen atoms in total. The number of aromatic nitrogens is 2. The highest BCUT2D eigenvalue weighted by atomic mass is 32.2. The van der Waals surface area contributed by atoms with Crippen molar-refractivity contribution in [3.05, 3.63) is 53.9 Å². The van der Waals surface area contributed by atoms with Gasteiger partial charge in [-0.1, -0.05) is 23.4 Å². The molecule has 0 aliphatic heterocycles. The van der Waals surface area contributed by atoms with Gasteiger partial charge in [-0.2, -0.15) is 4.98 Å². The van der Waals surface area contributed by atoms with Crippen molar-refractivity contribution in [2.24, 2.45) is 0 Å². The summed E-state index contributed by atoms with van der Waals surface area (Å²) in [6.07, 6.45) is 1.18. The van der Waals surface area contributed by atoms with E-state index in [1.807, 2.05) is 31.2 Å². The molecule has 3 rings (SSSR count). The van der Waals surface area contributed by atoms with E-state index in [2.05, 4.69) is 15.5 Å². The number of aryl methyl sites for hydroxylation is 1. The summed E-state index contributed by atoms with van der Waals surface area (Å²) < 4.78 is 34.0. The summed E-state index contributed by atoms with van der Waals surface area (Å²) in [6.45, 7) is 2.17. The molecule has 0 atom stereocenters. The second kappa shape index (κ2) is 7.17. The van der Waals surface area contributed by atoms with Crippen molar-refractivity contribution in [3.8, 4) is 17.1 Å². The van der Waals surface area contributed by atoms with Crippen molar-refractivity contribution in [3.63, 3.8) is 0 Å². The summed E-state index contributed by atoms with van der Waals surface area (Å²) in [6, 6.07) is 12.3. The Kier molecular flexibility index (Phi) is 4.94. The minimum atomic E-state index is -3.27. The molecule has 1 heterocycles. The number of nitrogens with one attached hydrogen (secondary N) is 1. The Morgan fingerprint density at radius 2 is 1.96 bits per heavy atom. The normalized spacial score (nSPS) is 11.3. The fourth-order valence-electron chi connectivity index (χ4n) is 2.46. The van der Waals surface area contributed by atoms with E-state index in [1.165, 1.54) is 6.26 Å². The average Bonchev–Trinajstić information content (AvgIpc) is 3.08. The molecule has 2 aromatic carbocycles. The molecule has 8 heteroatoms. The van der Waals surface area contributed by atoms with Gasteiger partial charge in [0.25, 0.3) is 0 Å². The molecule has 1 aromatic heterocycles. The van der Waals surface area contributed by atoms with E-state index in [0.717, 1.165) is 11.1 Å². The van der Waals surface area contributed by atoms with Crippen LogP contribution >= 0.6 is 0 Å². The van der Waals surface area contributed by atoms with E-state index in [9.17, 15) is 8.42 Å². The Hall–Kier alpha value is -2.87. The average molecular weight is 373 g/mol. The first kappa shape index (κ1) is 17.9. The van der Waals surface area contributed by atoms with Crippen LogP contribution in [0.3, 0.4) is 0 Å². The summed E-state index contributed by atoms with van der Waals surface area (Å²) in [4.78, 5) is 4.62. The van der Waals surface area contributed by atoms with Crippen LogP contribution in [-0.2, 0) is 16.4 Å². The zero-order chi connectivity index (χ0) is 18.7. The monoisotopic (exact) mass is 373 g/mol. The highest BCUT2D eigenvalue weighted by molar-refractivity contribution is 7.90. The Bertz CT molecular complexity index is 1030. The molecular formula is C18H19N3O4S. The smallest absolute Gasteiger partial charge is 0.246 e. The first-order chi connectivity index (χ1) is 12.4. The highest BCUT2D eigenvalue weighted by Crippen LogP contribution is 2.27. The number of anilines is 1. The van der Waals surface area contributed by atoms with Crippen LogP contribution in [0.25, 0.3) is 11.4 Å². The third-order valence-electron chi connectivity index (χ3n) is 3.88. The van der Waals surface area contributed by atoms with Crippen molar-refractivity contribution >= 4 is 15.5 Å². The first-order valence-corrected chi connectivity index (χ1v) is 9.78. The lowest BCUT2D eigenvalue weighted by Gasteiger charge is -2.09. The maximum absolute atomic E-state index is 11.7. The maximum atomic E-state index is 11.7. The predicted octanol–water partition coefficient (Wildman–Crippen LogP) is 3.07. The molecule has 0 amide bonds. The standard InChI is InChI=1S/C18H19N3O4S/c1-12-8-9-13(26(3,22)23)10-15(12)19-11-17-20-18(21-25-17)14-6-4-5-7-16(14)24-2/h4-10,19H,11H2,1-3H3. The number of rotatable bonds is 6. The summed E-state index contributed by atoms with van der Waals surface area (Å²) >= 11 is 0. The van der Waals surface area contributed by atoms with Crippen LogP contribution in [0.1, 0.15) is 11.5 Å². The molecule has 0 fully saturated rings. The summed E-state index contributed by atoms with van der Waals surface area (Å²) in [5.41, 5.74) is 2.35. The molecule has 0 spiro atoms. The Morgan fingerprint density at radius 1 is 1.19 bits per heavy atom. The zero-order valence-electron chi connectivity index (χ0n) is 14.7. The molecule has 1 N–H and O–H groups in total. The summed E-state index contributed by atoms with van der Waals surface area (Å²) in [5, 5.41) is 7.13. The Balaban J connectivity index is 1.79. The van der Waals surface area contributed by atoms with Gasteiger partial charge in [0, 0.05) is 11.9 Å². The first-order valence-electron chi connectivity index (χ1n) is 7.89. The molecule has 0 saturated heterocycles. The van der Waals surface area contributed by atoms with Crippen LogP contribution < -0.4 is 10.1 Å². The SMILES string of the molecule is COc1ccccc1-c1noc(CNc2cc(S(C)(=O)=O)ccc2C)n1. The lowest BCUT2D eigenvalue weighted by molar-refractivity contribution is 0.383. The van der Waals surface area contributed by atoms with Gasteiger partial charge >= 0.3 is 0 Å². The number of para-hydroxylation sites is 1. The number of sulfone groups is 1. The summed E-state index contributed by atoms with van der Waals surface area (Å²) in [5.74, 6) is 1.47. The molecule has 0 aliphatic carbocycles. The van der Waals surface area contributed by atoms with E-state index >= 15 is 0 Å². The Labute approximate surface area is 151 Å². The van der Waals surface area contributed by atoms with Crippen molar-refractivity contribution in [1.29, 1.82) is 0 Å². The van der Waals surface area contributed by atoms with Gasteiger partial charge in [-0.3, -0.25) is 0 Å². The van der Waals surface area contributed by atoms with Crippen LogP contribution in [0, 0.1) is 6.92 Å². The molecule has 0 radical (unpaired) electrons. The minimum Gasteiger partial charge on any atom is -0.496 e. The topological polar surface area (TPSA) is 94.3 Å².